The highest BCUT2D eigenvalue weighted by Crippen LogP contribution is 2.29. The van der Waals surface area contributed by atoms with Crippen LogP contribution in [-0.2, 0) is 24.2 Å². The van der Waals surface area contributed by atoms with Gasteiger partial charge < -0.3 is 10.1 Å². The van der Waals surface area contributed by atoms with Gasteiger partial charge in [0.2, 0.25) is 0 Å². The molecule has 0 aliphatic carbocycles. The van der Waals surface area contributed by atoms with E-state index in [4.69, 9.17) is 27.9 Å². The third-order valence-corrected chi connectivity index (χ3v) is 6.67. The summed E-state index contributed by atoms with van der Waals surface area (Å²) in [5.74, 6) is -1.13. The molecule has 1 atom stereocenters. The Balaban J connectivity index is 1.71. The van der Waals surface area contributed by atoms with Gasteiger partial charge in [0, 0.05) is 16.0 Å². The summed E-state index contributed by atoms with van der Waals surface area (Å²) >= 11 is 13.0. The summed E-state index contributed by atoms with van der Waals surface area (Å²) in [4.78, 5) is 24.0. The van der Waals surface area contributed by atoms with Crippen LogP contribution in [0, 0.1) is 0 Å². The second kappa shape index (κ2) is 8.42. The van der Waals surface area contributed by atoms with Gasteiger partial charge in [0.15, 0.2) is 16.4 Å². The molecule has 132 valence electrons. The normalized spacial score (nSPS) is 19.0. The molecule has 0 radical (unpaired) electrons. The van der Waals surface area contributed by atoms with E-state index in [1.807, 2.05) is 0 Å². The number of carbonyl (C=O) groups excluding carboxylic acids is 2. The van der Waals surface area contributed by atoms with Crippen molar-refractivity contribution in [3.63, 3.8) is 0 Å². The molecular formula is C14H15Cl2NO5S2. The van der Waals surface area contributed by atoms with Crippen LogP contribution in [-0.4, -0.2) is 50.2 Å². The molecule has 0 saturated carbocycles. The number of carbonyl (C=O) groups is 2. The van der Waals surface area contributed by atoms with E-state index in [9.17, 15) is 18.0 Å². The fourth-order valence-corrected chi connectivity index (χ4v) is 5.05. The maximum atomic E-state index is 11.7. The summed E-state index contributed by atoms with van der Waals surface area (Å²) in [6.45, 7) is -0.445. The van der Waals surface area contributed by atoms with Crippen molar-refractivity contribution in [3.05, 3.63) is 28.2 Å². The molecule has 1 N–H and O–H groups in total. The Labute approximate surface area is 154 Å². The first-order valence-electron chi connectivity index (χ1n) is 6.98. The van der Waals surface area contributed by atoms with E-state index in [1.165, 1.54) is 0 Å². The molecule has 1 aliphatic heterocycles. The highest BCUT2D eigenvalue weighted by molar-refractivity contribution is 8.00. The number of hydrogen-bond acceptors (Lipinski definition) is 6. The molecule has 24 heavy (non-hydrogen) atoms. The fraction of sp³-hybridized carbons (Fsp3) is 0.429. The maximum absolute atomic E-state index is 11.7. The van der Waals surface area contributed by atoms with Gasteiger partial charge in [-0.2, -0.15) is 0 Å². The molecule has 1 amide bonds. The number of nitrogens with one attached hydrogen (secondary N) is 1. The first-order valence-corrected chi connectivity index (χ1v) is 10.5. The highest BCUT2D eigenvalue weighted by Gasteiger charge is 2.29. The van der Waals surface area contributed by atoms with Gasteiger partial charge in [-0.25, -0.2) is 8.42 Å². The maximum Gasteiger partial charge on any atom is 0.316 e. The Bertz CT molecular complexity index is 739. The van der Waals surface area contributed by atoms with Crippen LogP contribution in [0.25, 0.3) is 0 Å². The molecule has 1 fully saturated rings. The number of halogens is 2. The topological polar surface area (TPSA) is 89.5 Å². The molecule has 1 aromatic rings. The van der Waals surface area contributed by atoms with Crippen LogP contribution in [0.2, 0.25) is 10.0 Å². The van der Waals surface area contributed by atoms with Gasteiger partial charge in [-0.15, -0.1) is 11.8 Å². The van der Waals surface area contributed by atoms with Gasteiger partial charge in [-0.3, -0.25) is 9.59 Å². The summed E-state index contributed by atoms with van der Waals surface area (Å²) in [7, 11) is -3.07. The van der Waals surface area contributed by atoms with Crippen LogP contribution in [0.1, 0.15) is 6.42 Å². The Kier molecular flexibility index (Phi) is 6.79. The van der Waals surface area contributed by atoms with Gasteiger partial charge in [0.1, 0.15) is 0 Å². The number of hydrogen-bond donors (Lipinski definition) is 1. The van der Waals surface area contributed by atoms with Crippen molar-refractivity contribution in [2.45, 2.75) is 17.4 Å². The average Bonchev–Trinajstić information content (AvgIpc) is 2.85. The zero-order valence-electron chi connectivity index (χ0n) is 12.5. The zero-order chi connectivity index (χ0) is 17.7. The molecule has 6 nitrogen and oxygen atoms in total. The fourth-order valence-electron chi connectivity index (χ4n) is 2.09. The SMILES string of the molecule is O=C(COC(=O)CSc1cc(Cl)ccc1Cl)N[C@@H]1CCS(=O)(=O)C1. The molecule has 1 aromatic carbocycles. The van der Waals surface area contributed by atoms with Crippen molar-refractivity contribution in [2.24, 2.45) is 0 Å². The Morgan fingerprint density at radius 1 is 1.33 bits per heavy atom. The number of esters is 1. The lowest BCUT2D eigenvalue weighted by Crippen LogP contribution is -2.38. The lowest BCUT2D eigenvalue weighted by atomic mass is 10.2. The molecule has 0 bridgehead atoms. The van der Waals surface area contributed by atoms with Crippen molar-refractivity contribution in [1.82, 2.24) is 5.32 Å². The van der Waals surface area contributed by atoms with E-state index in [-0.39, 0.29) is 17.3 Å². The molecule has 2 rings (SSSR count). The Morgan fingerprint density at radius 2 is 2.08 bits per heavy atom. The third-order valence-electron chi connectivity index (χ3n) is 3.20. The van der Waals surface area contributed by atoms with Crippen LogP contribution in [0.4, 0.5) is 0 Å². The molecular weight excluding hydrogens is 397 g/mol. The van der Waals surface area contributed by atoms with Gasteiger partial charge >= 0.3 is 5.97 Å². The molecule has 1 saturated heterocycles. The number of benzene rings is 1. The standard InChI is InChI=1S/C14H15Cl2NO5S2/c15-9-1-2-11(16)12(5-9)23-7-14(19)22-6-13(18)17-10-3-4-24(20,21)8-10/h1-2,5,10H,3-4,6-8H2,(H,17,18)/t10-/m1/s1. The van der Waals surface area contributed by atoms with E-state index in [2.05, 4.69) is 5.32 Å². The first-order chi connectivity index (χ1) is 11.2. The summed E-state index contributed by atoms with van der Waals surface area (Å²) in [6, 6.07) is 4.48. The smallest absolute Gasteiger partial charge is 0.316 e. The predicted molar refractivity (Wildman–Crippen MR) is 93.3 cm³/mol. The van der Waals surface area contributed by atoms with Gasteiger partial charge in [0.05, 0.1) is 22.3 Å². The van der Waals surface area contributed by atoms with Gasteiger partial charge in [0.25, 0.3) is 5.91 Å². The van der Waals surface area contributed by atoms with Gasteiger partial charge in [-0.05, 0) is 24.6 Å². The Morgan fingerprint density at radius 3 is 2.75 bits per heavy atom. The van der Waals surface area contributed by atoms with E-state index in [0.717, 1.165) is 11.8 Å². The summed E-state index contributed by atoms with van der Waals surface area (Å²) in [5.41, 5.74) is 0. The number of amides is 1. The highest BCUT2D eigenvalue weighted by atomic mass is 35.5. The van der Waals surface area contributed by atoms with Crippen molar-refractivity contribution < 1.29 is 22.7 Å². The molecule has 1 aliphatic rings. The van der Waals surface area contributed by atoms with E-state index in [1.54, 1.807) is 18.2 Å². The van der Waals surface area contributed by atoms with Crippen LogP contribution in [0.3, 0.4) is 0 Å². The molecule has 10 heteroatoms. The third kappa shape index (κ3) is 6.16. The number of thioether (sulfide) groups is 1. The van der Waals surface area contributed by atoms with E-state index < -0.39 is 34.4 Å². The zero-order valence-corrected chi connectivity index (χ0v) is 15.6. The second-order valence-corrected chi connectivity index (χ2v) is 9.28. The Hall–Kier alpha value is -0.960. The van der Waals surface area contributed by atoms with Crippen LogP contribution < -0.4 is 5.32 Å². The van der Waals surface area contributed by atoms with Crippen molar-refractivity contribution in [2.75, 3.05) is 23.9 Å². The predicted octanol–water partition coefficient (Wildman–Crippen LogP) is 1.93. The lowest BCUT2D eigenvalue weighted by Gasteiger charge is -2.11. The van der Waals surface area contributed by atoms with E-state index >= 15 is 0 Å². The molecule has 0 aromatic heterocycles. The minimum atomic E-state index is -3.07. The number of ether oxygens (including phenoxy) is 1. The minimum Gasteiger partial charge on any atom is -0.455 e. The minimum absolute atomic E-state index is 0.0227. The lowest BCUT2D eigenvalue weighted by molar-refractivity contribution is -0.146. The van der Waals surface area contributed by atoms with Crippen molar-refractivity contribution in [1.29, 1.82) is 0 Å². The van der Waals surface area contributed by atoms with Gasteiger partial charge in [-0.1, -0.05) is 23.2 Å². The average molecular weight is 412 g/mol. The second-order valence-electron chi connectivity index (χ2n) is 5.19. The van der Waals surface area contributed by atoms with Crippen LogP contribution in [0.5, 0.6) is 0 Å². The summed E-state index contributed by atoms with van der Waals surface area (Å²) in [5, 5.41) is 3.51. The first kappa shape index (κ1) is 19.4. The van der Waals surface area contributed by atoms with Crippen LogP contribution in [0.15, 0.2) is 23.1 Å². The van der Waals surface area contributed by atoms with E-state index in [0.29, 0.717) is 21.4 Å². The monoisotopic (exact) mass is 411 g/mol. The number of sulfone groups is 1. The quantitative estimate of drug-likeness (QED) is 0.568. The molecule has 1 heterocycles. The number of rotatable bonds is 6. The molecule has 0 spiro atoms. The van der Waals surface area contributed by atoms with Crippen LogP contribution >= 0.6 is 35.0 Å². The van der Waals surface area contributed by atoms with Crippen molar-refractivity contribution >= 4 is 56.7 Å². The largest absolute Gasteiger partial charge is 0.455 e. The molecule has 0 unspecified atom stereocenters. The summed E-state index contributed by atoms with van der Waals surface area (Å²) in [6.07, 6.45) is 0.380. The van der Waals surface area contributed by atoms with Crippen molar-refractivity contribution in [3.8, 4) is 0 Å². The summed E-state index contributed by atoms with van der Waals surface area (Å²) < 4.78 is 27.5.